The monoisotopic (exact) mass is 380 g/mol. The van der Waals surface area contributed by atoms with E-state index in [1.807, 2.05) is 12.1 Å². The first kappa shape index (κ1) is 18.8. The fourth-order valence-corrected chi connectivity index (χ4v) is 2.34. The Kier molecular flexibility index (Phi) is 5.19. The number of nitrogens with zero attached hydrogens (tertiary/aromatic N) is 2. The molecule has 0 N–H and O–H groups in total. The Morgan fingerprint density at radius 2 is 1.04 bits per heavy atom. The number of nitriles is 2. The highest BCUT2D eigenvalue weighted by Gasteiger charge is 2.30. The number of hydrogen-bond donors (Lipinski definition) is 0. The van der Waals surface area contributed by atoms with Crippen molar-refractivity contribution >= 4 is 0 Å². The predicted molar refractivity (Wildman–Crippen MR) is 93.9 cm³/mol. The molecule has 7 heteroatoms. The first-order valence-corrected chi connectivity index (χ1v) is 7.96. The van der Waals surface area contributed by atoms with Crippen molar-refractivity contribution < 1.29 is 22.6 Å². The van der Waals surface area contributed by atoms with Crippen LogP contribution in [0.3, 0.4) is 0 Å². The minimum Gasteiger partial charge on any atom is -0.457 e. The first-order chi connectivity index (χ1) is 13.4. The minimum absolute atomic E-state index is 0.210. The molecule has 0 radical (unpaired) electrons. The van der Waals surface area contributed by atoms with Gasteiger partial charge in [0.15, 0.2) is 0 Å². The Morgan fingerprint density at radius 3 is 1.50 bits per heavy atom. The van der Waals surface area contributed by atoms with Crippen LogP contribution in [-0.2, 0) is 6.18 Å². The van der Waals surface area contributed by atoms with Gasteiger partial charge in [0.2, 0.25) is 0 Å². The van der Waals surface area contributed by atoms with Gasteiger partial charge in [-0.3, -0.25) is 0 Å². The third-order valence-corrected chi connectivity index (χ3v) is 3.71. The number of rotatable bonds is 4. The summed E-state index contributed by atoms with van der Waals surface area (Å²) in [5, 5.41) is 18.0. The molecule has 0 aliphatic heterocycles. The third-order valence-electron chi connectivity index (χ3n) is 3.71. The van der Waals surface area contributed by atoms with Crippen LogP contribution in [0.1, 0.15) is 16.7 Å². The zero-order chi connectivity index (χ0) is 20.1. The van der Waals surface area contributed by atoms with E-state index in [4.69, 9.17) is 20.0 Å². The van der Waals surface area contributed by atoms with Gasteiger partial charge < -0.3 is 9.47 Å². The predicted octanol–water partition coefficient (Wildman–Crippen LogP) is 6.03. The molecule has 0 aromatic heterocycles. The largest absolute Gasteiger partial charge is 0.457 e. The van der Waals surface area contributed by atoms with Crippen LogP contribution < -0.4 is 9.47 Å². The Morgan fingerprint density at radius 1 is 0.607 bits per heavy atom. The number of benzene rings is 3. The van der Waals surface area contributed by atoms with Crippen molar-refractivity contribution in [2.75, 3.05) is 0 Å². The molecule has 0 atom stereocenters. The summed E-state index contributed by atoms with van der Waals surface area (Å²) in [6.45, 7) is 0. The number of halogens is 3. The molecule has 0 saturated heterocycles. The van der Waals surface area contributed by atoms with Crippen molar-refractivity contribution in [2.45, 2.75) is 6.18 Å². The maximum Gasteiger partial charge on any atom is 0.416 e. The third kappa shape index (κ3) is 4.40. The van der Waals surface area contributed by atoms with Gasteiger partial charge in [0, 0.05) is 0 Å². The van der Waals surface area contributed by atoms with Crippen LogP contribution in [0.25, 0.3) is 0 Å². The van der Waals surface area contributed by atoms with Gasteiger partial charge in [-0.2, -0.15) is 23.7 Å². The number of alkyl halides is 3. The van der Waals surface area contributed by atoms with E-state index in [2.05, 4.69) is 0 Å². The van der Waals surface area contributed by atoms with Gasteiger partial charge in [0.25, 0.3) is 0 Å². The van der Waals surface area contributed by atoms with Crippen molar-refractivity contribution in [2.24, 2.45) is 0 Å². The van der Waals surface area contributed by atoms with E-state index in [9.17, 15) is 13.2 Å². The van der Waals surface area contributed by atoms with Crippen LogP contribution >= 0.6 is 0 Å². The lowest BCUT2D eigenvalue weighted by Gasteiger charge is -2.10. The molecular weight excluding hydrogens is 369 g/mol. The SMILES string of the molecule is N#Cc1ccc(Oc2ccc(Oc3ccc(C(F)(F)F)cc3)cc2)cc1C#N. The van der Waals surface area contributed by atoms with E-state index in [1.54, 1.807) is 30.3 Å². The summed E-state index contributed by atoms with van der Waals surface area (Å²) in [4.78, 5) is 0. The van der Waals surface area contributed by atoms with Crippen LogP contribution in [0.2, 0.25) is 0 Å². The lowest BCUT2D eigenvalue weighted by Crippen LogP contribution is -2.03. The van der Waals surface area contributed by atoms with E-state index in [0.717, 1.165) is 12.1 Å². The zero-order valence-electron chi connectivity index (χ0n) is 14.2. The van der Waals surface area contributed by atoms with Gasteiger partial charge in [-0.25, -0.2) is 0 Å². The second-order valence-electron chi connectivity index (χ2n) is 5.63. The summed E-state index contributed by atoms with van der Waals surface area (Å²) >= 11 is 0. The number of ether oxygens (including phenoxy) is 2. The van der Waals surface area contributed by atoms with Crippen molar-refractivity contribution in [1.29, 1.82) is 10.5 Å². The molecule has 0 fully saturated rings. The molecule has 4 nitrogen and oxygen atoms in total. The molecular formula is C21H11F3N2O2. The highest BCUT2D eigenvalue weighted by atomic mass is 19.4. The smallest absolute Gasteiger partial charge is 0.416 e. The van der Waals surface area contributed by atoms with Crippen LogP contribution in [0.15, 0.2) is 66.7 Å². The molecule has 0 saturated carbocycles. The lowest BCUT2D eigenvalue weighted by molar-refractivity contribution is -0.137. The molecule has 0 unspecified atom stereocenters. The van der Waals surface area contributed by atoms with E-state index in [-0.39, 0.29) is 16.9 Å². The fourth-order valence-electron chi connectivity index (χ4n) is 2.34. The second-order valence-corrected chi connectivity index (χ2v) is 5.63. The summed E-state index contributed by atoms with van der Waals surface area (Å²) in [7, 11) is 0. The Hall–Kier alpha value is -3.97. The molecule has 3 rings (SSSR count). The molecule has 3 aromatic rings. The van der Waals surface area contributed by atoms with Crippen LogP contribution in [0, 0.1) is 22.7 Å². The van der Waals surface area contributed by atoms with Gasteiger partial charge in [-0.05, 0) is 66.7 Å². The van der Waals surface area contributed by atoms with Crippen molar-refractivity contribution in [3.63, 3.8) is 0 Å². The molecule has 0 spiro atoms. The van der Waals surface area contributed by atoms with Crippen LogP contribution in [-0.4, -0.2) is 0 Å². The fraction of sp³-hybridized carbons (Fsp3) is 0.0476. The summed E-state index contributed by atoms with van der Waals surface area (Å²) in [5.41, 5.74) is -0.278. The van der Waals surface area contributed by atoms with Crippen molar-refractivity contribution in [1.82, 2.24) is 0 Å². The molecule has 0 bridgehead atoms. The summed E-state index contributed by atoms with van der Waals surface area (Å²) in [6.07, 6.45) is -4.39. The Balaban J connectivity index is 1.69. The minimum atomic E-state index is -4.39. The summed E-state index contributed by atoms with van der Waals surface area (Å²) < 4.78 is 48.9. The van der Waals surface area contributed by atoms with Crippen LogP contribution in [0.4, 0.5) is 13.2 Å². The van der Waals surface area contributed by atoms with Gasteiger partial charge in [0.1, 0.15) is 35.1 Å². The van der Waals surface area contributed by atoms with Crippen molar-refractivity contribution in [3.05, 3.63) is 83.4 Å². The maximum atomic E-state index is 12.6. The lowest BCUT2D eigenvalue weighted by atomic mass is 10.1. The standard InChI is InChI=1S/C21H11F3N2O2/c22-21(23,24)16-2-5-17(6-3-16)27-18-7-9-19(10-8-18)28-20-4-1-14(12-25)15(11-20)13-26/h1-11H. The Bertz CT molecular complexity index is 1060. The molecule has 0 aliphatic rings. The topological polar surface area (TPSA) is 66.0 Å². The molecule has 0 amide bonds. The summed E-state index contributed by atoms with van der Waals surface area (Å²) in [6, 6.07) is 19.2. The van der Waals surface area contributed by atoms with E-state index < -0.39 is 11.7 Å². The quantitative estimate of drug-likeness (QED) is 0.554. The second kappa shape index (κ2) is 7.73. The van der Waals surface area contributed by atoms with E-state index >= 15 is 0 Å². The average Bonchev–Trinajstić information content (AvgIpc) is 2.69. The zero-order valence-corrected chi connectivity index (χ0v) is 14.2. The molecule has 3 aromatic carbocycles. The highest BCUT2D eigenvalue weighted by Crippen LogP contribution is 2.32. The average molecular weight is 380 g/mol. The Labute approximate surface area is 158 Å². The molecule has 0 heterocycles. The van der Waals surface area contributed by atoms with E-state index in [1.165, 1.54) is 24.3 Å². The highest BCUT2D eigenvalue weighted by molar-refractivity contribution is 5.50. The van der Waals surface area contributed by atoms with E-state index in [0.29, 0.717) is 17.2 Å². The number of hydrogen-bond acceptors (Lipinski definition) is 4. The van der Waals surface area contributed by atoms with Gasteiger partial charge in [-0.1, -0.05) is 0 Å². The van der Waals surface area contributed by atoms with Crippen molar-refractivity contribution in [3.8, 4) is 35.1 Å². The molecule has 0 aliphatic carbocycles. The molecule has 138 valence electrons. The van der Waals surface area contributed by atoms with Gasteiger partial charge >= 0.3 is 6.18 Å². The summed E-state index contributed by atoms with van der Waals surface area (Å²) in [5.74, 6) is 1.55. The first-order valence-electron chi connectivity index (χ1n) is 7.96. The molecule has 28 heavy (non-hydrogen) atoms. The van der Waals surface area contributed by atoms with Crippen LogP contribution in [0.5, 0.6) is 23.0 Å². The van der Waals surface area contributed by atoms with Gasteiger partial charge in [-0.15, -0.1) is 0 Å². The van der Waals surface area contributed by atoms with Gasteiger partial charge in [0.05, 0.1) is 16.7 Å². The maximum absolute atomic E-state index is 12.6. The normalized spacial score (nSPS) is 10.6.